The number of aliphatic hydroxyl groups is 5. The molecule has 15 nitrogen and oxygen atoms in total. The van der Waals surface area contributed by atoms with Gasteiger partial charge in [-0.3, -0.25) is 0 Å². The molecule has 2 aliphatic heterocycles. The summed E-state index contributed by atoms with van der Waals surface area (Å²) < 4.78 is 27.0. The lowest BCUT2D eigenvalue weighted by molar-refractivity contribution is -0.289. The number of hydrogen-bond donors (Lipinski definition) is 8. The zero-order valence-electron chi connectivity index (χ0n) is 24.1. The standard InChI is InChI=1S/C30H36O15/c1-15(31)2-3-17-5-8-19(33)21(11-17)44-28-26(38)25(37)24(36)22(45-28)12-41-29-27(39)30(40,14-43-29)13-42-23(35)9-6-16-4-7-18(32)20(34)10-16/h4-11,22,24-29,32-34,36-40H,2-3,12-14H2,1H3/t22-,24-,25+,26-,27+,28-,29-,30-/m1/s1. The molecule has 8 N–H and O–H groups in total. The average Bonchev–Trinajstić information content (AvgIpc) is 3.29. The van der Waals surface area contributed by atoms with Crippen LogP contribution in [0.2, 0.25) is 0 Å². The van der Waals surface area contributed by atoms with E-state index in [1.165, 1.54) is 43.3 Å². The van der Waals surface area contributed by atoms with Crippen LogP contribution in [-0.2, 0) is 35.0 Å². The maximum absolute atomic E-state index is 12.1. The van der Waals surface area contributed by atoms with E-state index in [0.29, 0.717) is 17.5 Å². The van der Waals surface area contributed by atoms with Gasteiger partial charge < -0.3 is 69.3 Å². The summed E-state index contributed by atoms with van der Waals surface area (Å²) in [4.78, 5) is 23.4. The molecule has 4 rings (SSSR count). The van der Waals surface area contributed by atoms with E-state index < -0.39 is 74.5 Å². The summed E-state index contributed by atoms with van der Waals surface area (Å²) in [6.07, 6.45) is -8.33. The smallest absolute Gasteiger partial charge is 0.330 e. The number of benzene rings is 2. The highest BCUT2D eigenvalue weighted by Crippen LogP contribution is 2.33. The van der Waals surface area contributed by atoms with Crippen LogP contribution in [0.1, 0.15) is 24.5 Å². The lowest BCUT2D eigenvalue weighted by Crippen LogP contribution is -2.60. The van der Waals surface area contributed by atoms with Gasteiger partial charge in [-0.15, -0.1) is 0 Å². The molecule has 2 aromatic carbocycles. The molecule has 246 valence electrons. The fraction of sp³-hybridized carbons (Fsp3) is 0.467. The molecule has 8 atom stereocenters. The van der Waals surface area contributed by atoms with Crippen LogP contribution in [0.15, 0.2) is 42.5 Å². The van der Waals surface area contributed by atoms with E-state index in [-0.39, 0.29) is 35.2 Å². The van der Waals surface area contributed by atoms with Gasteiger partial charge in [0.15, 0.2) is 34.9 Å². The number of esters is 1. The first kappa shape index (κ1) is 34.1. The van der Waals surface area contributed by atoms with Crippen molar-refractivity contribution >= 4 is 17.8 Å². The highest BCUT2D eigenvalue weighted by atomic mass is 16.7. The summed E-state index contributed by atoms with van der Waals surface area (Å²) in [6, 6.07) is 8.25. The van der Waals surface area contributed by atoms with E-state index in [0.717, 1.165) is 6.08 Å². The van der Waals surface area contributed by atoms with Gasteiger partial charge in [0.05, 0.1) is 13.2 Å². The minimum atomic E-state index is -2.07. The number of aliphatic hydroxyl groups excluding tert-OH is 4. The molecule has 15 heteroatoms. The second-order valence-electron chi connectivity index (χ2n) is 10.9. The molecule has 0 bridgehead atoms. The quantitative estimate of drug-likeness (QED) is 0.0811. The molecule has 2 fully saturated rings. The van der Waals surface area contributed by atoms with Gasteiger partial charge in [0.1, 0.15) is 42.9 Å². The van der Waals surface area contributed by atoms with Crippen molar-refractivity contribution in [2.75, 3.05) is 19.8 Å². The Morgan fingerprint density at radius 3 is 2.40 bits per heavy atom. The molecule has 2 aliphatic rings. The van der Waals surface area contributed by atoms with Crippen LogP contribution >= 0.6 is 0 Å². The molecule has 0 radical (unpaired) electrons. The Morgan fingerprint density at radius 2 is 1.69 bits per heavy atom. The first-order valence-corrected chi connectivity index (χ1v) is 14.0. The van der Waals surface area contributed by atoms with Gasteiger partial charge in [0.25, 0.3) is 0 Å². The highest BCUT2D eigenvalue weighted by molar-refractivity contribution is 5.87. The van der Waals surface area contributed by atoms with Crippen LogP contribution in [-0.4, -0.2) is 121 Å². The van der Waals surface area contributed by atoms with Gasteiger partial charge in [-0.05, 0) is 54.8 Å². The fourth-order valence-corrected chi connectivity index (χ4v) is 4.57. The van der Waals surface area contributed by atoms with E-state index in [2.05, 4.69) is 0 Å². The third-order valence-corrected chi connectivity index (χ3v) is 7.31. The molecule has 0 spiro atoms. The molecule has 0 aliphatic carbocycles. The minimum absolute atomic E-state index is 0.0333. The molecule has 2 saturated heterocycles. The summed E-state index contributed by atoms with van der Waals surface area (Å²) in [5, 5.41) is 81.9. The Morgan fingerprint density at radius 1 is 0.956 bits per heavy atom. The number of Topliss-reactive ketones (excluding diaryl/α,β-unsaturated/α-hetero) is 1. The lowest BCUT2D eigenvalue weighted by atomic mass is 9.99. The van der Waals surface area contributed by atoms with Gasteiger partial charge in [-0.1, -0.05) is 12.1 Å². The number of ketones is 1. The van der Waals surface area contributed by atoms with Crippen molar-refractivity contribution in [3.05, 3.63) is 53.6 Å². The number of rotatable bonds is 12. The number of ether oxygens (including phenoxy) is 5. The number of phenolic OH excluding ortho intramolecular Hbond substituents is 3. The van der Waals surface area contributed by atoms with Crippen LogP contribution in [0.4, 0.5) is 0 Å². The van der Waals surface area contributed by atoms with E-state index in [9.17, 15) is 50.4 Å². The third-order valence-electron chi connectivity index (χ3n) is 7.31. The number of phenols is 3. The average molecular weight is 637 g/mol. The molecular weight excluding hydrogens is 600 g/mol. The van der Waals surface area contributed by atoms with Crippen molar-refractivity contribution in [3.8, 4) is 23.0 Å². The van der Waals surface area contributed by atoms with Crippen molar-refractivity contribution in [3.63, 3.8) is 0 Å². The lowest BCUT2D eigenvalue weighted by Gasteiger charge is -2.40. The Hall–Kier alpha value is -3.80. The molecule has 45 heavy (non-hydrogen) atoms. The first-order chi connectivity index (χ1) is 21.3. The third kappa shape index (κ3) is 8.47. The fourth-order valence-electron chi connectivity index (χ4n) is 4.57. The molecule has 0 unspecified atom stereocenters. The first-order valence-electron chi connectivity index (χ1n) is 14.0. The van der Waals surface area contributed by atoms with Gasteiger partial charge in [-0.25, -0.2) is 4.79 Å². The summed E-state index contributed by atoms with van der Waals surface area (Å²) in [7, 11) is 0. The zero-order valence-corrected chi connectivity index (χ0v) is 24.1. The van der Waals surface area contributed by atoms with Crippen molar-refractivity contribution in [2.24, 2.45) is 0 Å². The number of carbonyl (C=O) groups is 2. The van der Waals surface area contributed by atoms with Crippen LogP contribution in [0.25, 0.3) is 6.08 Å². The van der Waals surface area contributed by atoms with E-state index >= 15 is 0 Å². The van der Waals surface area contributed by atoms with Crippen LogP contribution < -0.4 is 4.74 Å². The number of hydrogen-bond acceptors (Lipinski definition) is 15. The normalized spacial score (nSPS) is 30.0. The van der Waals surface area contributed by atoms with E-state index in [4.69, 9.17) is 23.7 Å². The Kier molecular flexibility index (Phi) is 11.0. The number of aromatic hydroxyl groups is 3. The predicted molar refractivity (Wildman–Crippen MR) is 151 cm³/mol. The Labute approximate surface area is 257 Å². The summed E-state index contributed by atoms with van der Waals surface area (Å²) in [5.41, 5.74) is -1.03. The molecular formula is C30H36O15. The molecule has 0 aromatic heterocycles. The highest BCUT2D eigenvalue weighted by Gasteiger charge is 2.51. The number of aryl methyl sites for hydroxylation is 1. The SMILES string of the molecule is CC(=O)CCc1ccc(O)c(O[C@@H]2O[C@H](CO[C@@H]3OC[C@](O)(COC(=O)C=Cc4ccc(O)c(O)c4)[C@H]3O)[C@@H](O)[C@H](O)[C@H]2O)c1. The summed E-state index contributed by atoms with van der Waals surface area (Å²) >= 11 is 0. The Bertz CT molecular complexity index is 1380. The van der Waals surface area contributed by atoms with Crippen LogP contribution in [0.3, 0.4) is 0 Å². The molecule has 2 aromatic rings. The van der Waals surface area contributed by atoms with Crippen molar-refractivity contribution in [1.82, 2.24) is 0 Å². The van der Waals surface area contributed by atoms with Crippen LogP contribution in [0.5, 0.6) is 23.0 Å². The van der Waals surface area contributed by atoms with Gasteiger partial charge in [0, 0.05) is 12.5 Å². The largest absolute Gasteiger partial charge is 0.504 e. The second kappa shape index (κ2) is 14.5. The van der Waals surface area contributed by atoms with Crippen molar-refractivity contribution < 1.29 is 74.1 Å². The summed E-state index contributed by atoms with van der Waals surface area (Å²) in [5.74, 6) is -2.05. The topological polar surface area (TPSA) is 242 Å². The second-order valence-corrected chi connectivity index (χ2v) is 10.9. The number of carbonyl (C=O) groups excluding carboxylic acids is 2. The van der Waals surface area contributed by atoms with E-state index in [1.54, 1.807) is 6.07 Å². The maximum Gasteiger partial charge on any atom is 0.330 e. The van der Waals surface area contributed by atoms with Crippen molar-refractivity contribution in [2.45, 2.75) is 68.5 Å². The molecule has 0 amide bonds. The summed E-state index contributed by atoms with van der Waals surface area (Å²) in [6.45, 7) is -0.258. The maximum atomic E-state index is 12.1. The van der Waals surface area contributed by atoms with Gasteiger partial charge in [0.2, 0.25) is 6.29 Å². The van der Waals surface area contributed by atoms with Crippen LogP contribution in [0, 0.1) is 0 Å². The monoisotopic (exact) mass is 636 g/mol. The Balaban J connectivity index is 1.31. The predicted octanol–water partition coefficient (Wildman–Crippen LogP) is -0.767. The minimum Gasteiger partial charge on any atom is -0.504 e. The van der Waals surface area contributed by atoms with Gasteiger partial charge in [-0.2, -0.15) is 0 Å². The van der Waals surface area contributed by atoms with Gasteiger partial charge >= 0.3 is 5.97 Å². The van der Waals surface area contributed by atoms with Crippen molar-refractivity contribution in [1.29, 1.82) is 0 Å². The molecule has 2 heterocycles. The van der Waals surface area contributed by atoms with E-state index in [1.807, 2.05) is 0 Å². The zero-order chi connectivity index (χ0) is 32.9. The molecule has 0 saturated carbocycles.